The van der Waals surface area contributed by atoms with E-state index in [-0.39, 0.29) is 0 Å². The first-order valence-electron chi connectivity index (χ1n) is 5.16. The highest BCUT2D eigenvalue weighted by Gasteiger charge is 2.11. The van der Waals surface area contributed by atoms with Crippen LogP contribution in [0.1, 0.15) is 11.5 Å². The van der Waals surface area contributed by atoms with E-state index in [1.165, 1.54) is 5.56 Å². The third kappa shape index (κ3) is 3.53. The predicted molar refractivity (Wildman–Crippen MR) is 63.3 cm³/mol. The van der Waals surface area contributed by atoms with Gasteiger partial charge in [-0.3, -0.25) is 0 Å². The molecule has 0 saturated carbocycles. The Kier molecular flexibility index (Phi) is 4.59. The van der Waals surface area contributed by atoms with Crippen LogP contribution in [0.25, 0.3) is 0 Å². The molecule has 1 aromatic carbocycles. The Labute approximate surface area is 91.8 Å². The lowest BCUT2D eigenvalue weighted by atomic mass is 9.98. The smallest absolute Gasteiger partial charge is 0.119 e. The Balaban J connectivity index is 2.81. The molecule has 15 heavy (non-hydrogen) atoms. The molecular formula is C12H20N2O. The number of methoxy groups -OCH3 is 1. The third-order valence-corrected chi connectivity index (χ3v) is 2.44. The van der Waals surface area contributed by atoms with Crippen molar-refractivity contribution in [2.24, 2.45) is 5.73 Å². The summed E-state index contributed by atoms with van der Waals surface area (Å²) in [6.07, 6.45) is 0. The minimum Gasteiger partial charge on any atom is -0.497 e. The summed E-state index contributed by atoms with van der Waals surface area (Å²) in [6, 6.07) is 8.11. The SMILES string of the molecule is COc1cccc(C(CN)CN(C)C)c1. The van der Waals surface area contributed by atoms with E-state index in [1.807, 2.05) is 12.1 Å². The van der Waals surface area contributed by atoms with Crippen LogP contribution >= 0.6 is 0 Å². The number of benzene rings is 1. The Morgan fingerprint density at radius 1 is 1.40 bits per heavy atom. The van der Waals surface area contributed by atoms with Gasteiger partial charge in [-0.05, 0) is 31.8 Å². The molecule has 1 unspecified atom stereocenters. The van der Waals surface area contributed by atoms with Crippen molar-refractivity contribution in [3.63, 3.8) is 0 Å². The van der Waals surface area contributed by atoms with Gasteiger partial charge in [-0.15, -0.1) is 0 Å². The Morgan fingerprint density at radius 3 is 2.67 bits per heavy atom. The quantitative estimate of drug-likeness (QED) is 0.792. The third-order valence-electron chi connectivity index (χ3n) is 2.44. The second-order valence-corrected chi connectivity index (χ2v) is 3.97. The average Bonchev–Trinajstić information content (AvgIpc) is 2.25. The van der Waals surface area contributed by atoms with Gasteiger partial charge < -0.3 is 15.4 Å². The highest BCUT2D eigenvalue weighted by Crippen LogP contribution is 2.20. The van der Waals surface area contributed by atoms with E-state index in [0.717, 1.165) is 12.3 Å². The van der Waals surface area contributed by atoms with E-state index in [4.69, 9.17) is 10.5 Å². The van der Waals surface area contributed by atoms with Gasteiger partial charge in [0.2, 0.25) is 0 Å². The van der Waals surface area contributed by atoms with Crippen LogP contribution in [-0.2, 0) is 0 Å². The second kappa shape index (κ2) is 5.73. The molecule has 1 rings (SSSR count). The molecule has 0 radical (unpaired) electrons. The lowest BCUT2D eigenvalue weighted by molar-refractivity contribution is 0.373. The first-order chi connectivity index (χ1) is 7.17. The summed E-state index contributed by atoms with van der Waals surface area (Å²) < 4.78 is 5.20. The van der Waals surface area contributed by atoms with Gasteiger partial charge in [0.05, 0.1) is 7.11 Å². The monoisotopic (exact) mass is 208 g/mol. The van der Waals surface area contributed by atoms with Crippen molar-refractivity contribution in [1.82, 2.24) is 4.90 Å². The largest absolute Gasteiger partial charge is 0.497 e. The van der Waals surface area contributed by atoms with E-state index in [0.29, 0.717) is 12.5 Å². The second-order valence-electron chi connectivity index (χ2n) is 3.97. The van der Waals surface area contributed by atoms with Gasteiger partial charge in [-0.25, -0.2) is 0 Å². The normalized spacial score (nSPS) is 12.9. The Hall–Kier alpha value is -1.06. The molecule has 0 bridgehead atoms. The average molecular weight is 208 g/mol. The van der Waals surface area contributed by atoms with E-state index in [9.17, 15) is 0 Å². The molecule has 84 valence electrons. The number of nitrogens with two attached hydrogens (primary N) is 1. The summed E-state index contributed by atoms with van der Waals surface area (Å²) in [4.78, 5) is 2.15. The lowest BCUT2D eigenvalue weighted by Gasteiger charge is -2.20. The number of ether oxygens (including phenoxy) is 1. The summed E-state index contributed by atoms with van der Waals surface area (Å²) in [7, 11) is 5.80. The van der Waals surface area contributed by atoms with Gasteiger partial charge >= 0.3 is 0 Å². The van der Waals surface area contributed by atoms with Crippen molar-refractivity contribution in [1.29, 1.82) is 0 Å². The highest BCUT2D eigenvalue weighted by atomic mass is 16.5. The zero-order valence-electron chi connectivity index (χ0n) is 9.73. The zero-order valence-corrected chi connectivity index (χ0v) is 9.73. The summed E-state index contributed by atoms with van der Waals surface area (Å²) >= 11 is 0. The highest BCUT2D eigenvalue weighted by molar-refractivity contribution is 5.31. The van der Waals surface area contributed by atoms with Gasteiger partial charge in [-0.2, -0.15) is 0 Å². The molecule has 0 saturated heterocycles. The molecule has 3 nitrogen and oxygen atoms in total. The molecule has 3 heteroatoms. The summed E-state index contributed by atoms with van der Waals surface area (Å²) in [5.41, 5.74) is 7.02. The van der Waals surface area contributed by atoms with E-state index >= 15 is 0 Å². The van der Waals surface area contributed by atoms with E-state index in [1.54, 1.807) is 7.11 Å². The molecule has 0 aliphatic rings. The van der Waals surface area contributed by atoms with E-state index < -0.39 is 0 Å². The number of rotatable bonds is 5. The van der Waals surface area contributed by atoms with Crippen LogP contribution in [0.3, 0.4) is 0 Å². The van der Waals surface area contributed by atoms with Gasteiger partial charge in [0.1, 0.15) is 5.75 Å². The van der Waals surface area contributed by atoms with Crippen LogP contribution in [0, 0.1) is 0 Å². The van der Waals surface area contributed by atoms with Crippen LogP contribution < -0.4 is 10.5 Å². The maximum Gasteiger partial charge on any atom is 0.119 e. The fraction of sp³-hybridized carbons (Fsp3) is 0.500. The molecule has 0 aliphatic carbocycles. The van der Waals surface area contributed by atoms with Crippen molar-refractivity contribution in [2.45, 2.75) is 5.92 Å². The summed E-state index contributed by atoms with van der Waals surface area (Å²) in [5, 5.41) is 0. The minimum absolute atomic E-state index is 0.370. The molecule has 1 atom stereocenters. The molecule has 0 fully saturated rings. The van der Waals surface area contributed by atoms with Gasteiger partial charge in [0, 0.05) is 19.0 Å². The van der Waals surface area contributed by atoms with Crippen LogP contribution in [0.4, 0.5) is 0 Å². The van der Waals surface area contributed by atoms with E-state index in [2.05, 4.69) is 31.1 Å². The van der Waals surface area contributed by atoms with Crippen molar-refractivity contribution in [3.05, 3.63) is 29.8 Å². The van der Waals surface area contributed by atoms with Crippen LogP contribution in [0.15, 0.2) is 24.3 Å². The Bertz CT molecular complexity index is 299. The van der Waals surface area contributed by atoms with Gasteiger partial charge in [0.25, 0.3) is 0 Å². The maximum absolute atomic E-state index is 5.78. The minimum atomic E-state index is 0.370. The maximum atomic E-state index is 5.78. The number of hydrogen-bond donors (Lipinski definition) is 1. The van der Waals surface area contributed by atoms with Crippen molar-refractivity contribution < 1.29 is 4.74 Å². The van der Waals surface area contributed by atoms with Crippen molar-refractivity contribution >= 4 is 0 Å². The molecule has 0 aromatic heterocycles. The molecule has 0 amide bonds. The number of nitrogens with zero attached hydrogens (tertiary/aromatic N) is 1. The molecule has 2 N–H and O–H groups in total. The zero-order chi connectivity index (χ0) is 11.3. The fourth-order valence-corrected chi connectivity index (χ4v) is 1.65. The first-order valence-corrected chi connectivity index (χ1v) is 5.16. The molecule has 0 aliphatic heterocycles. The van der Waals surface area contributed by atoms with Crippen molar-refractivity contribution in [2.75, 3.05) is 34.3 Å². The number of hydrogen-bond acceptors (Lipinski definition) is 3. The molecule has 0 spiro atoms. The first kappa shape index (κ1) is 12.0. The standard InChI is InChI=1S/C12H20N2O/c1-14(2)9-11(8-13)10-5-4-6-12(7-10)15-3/h4-7,11H,8-9,13H2,1-3H3. The molecule has 0 heterocycles. The lowest BCUT2D eigenvalue weighted by Crippen LogP contribution is -2.25. The van der Waals surface area contributed by atoms with Crippen LogP contribution in [0.5, 0.6) is 5.75 Å². The topological polar surface area (TPSA) is 38.5 Å². The van der Waals surface area contributed by atoms with Gasteiger partial charge in [0.15, 0.2) is 0 Å². The molecule has 1 aromatic rings. The fourth-order valence-electron chi connectivity index (χ4n) is 1.65. The summed E-state index contributed by atoms with van der Waals surface area (Å²) in [6.45, 7) is 1.62. The Morgan fingerprint density at radius 2 is 2.13 bits per heavy atom. The number of likely N-dealkylation sites (N-methyl/N-ethyl adjacent to an activating group) is 1. The molecular weight excluding hydrogens is 188 g/mol. The van der Waals surface area contributed by atoms with Crippen LogP contribution in [0.2, 0.25) is 0 Å². The predicted octanol–water partition coefficient (Wildman–Crippen LogP) is 1.30. The van der Waals surface area contributed by atoms with Crippen molar-refractivity contribution in [3.8, 4) is 5.75 Å². The summed E-state index contributed by atoms with van der Waals surface area (Å²) in [5.74, 6) is 1.26. The van der Waals surface area contributed by atoms with Crippen LogP contribution in [-0.4, -0.2) is 39.2 Å². The van der Waals surface area contributed by atoms with Gasteiger partial charge in [-0.1, -0.05) is 12.1 Å².